The molecule has 0 radical (unpaired) electrons. The van der Waals surface area contributed by atoms with Gasteiger partial charge in [0.25, 0.3) is 5.91 Å². The molecular weight excluding hydrogens is 484 g/mol. The first-order valence-electron chi connectivity index (χ1n) is 10.6. The van der Waals surface area contributed by atoms with Crippen molar-refractivity contribution in [3.05, 3.63) is 80.6 Å². The van der Waals surface area contributed by atoms with E-state index in [4.69, 9.17) is 0 Å². The molecule has 0 spiro atoms. The molecule has 168 valence electrons. The molecule has 1 aliphatic heterocycles. The predicted octanol–water partition coefficient (Wildman–Crippen LogP) is 5.69. The second-order valence-electron chi connectivity index (χ2n) is 8.12. The molecule has 0 unspecified atom stereocenters. The van der Waals surface area contributed by atoms with Crippen molar-refractivity contribution in [1.29, 1.82) is 0 Å². The number of aromatic hydroxyl groups is 1. The number of carbonyl (C=O) groups excluding carboxylic acids is 3. The van der Waals surface area contributed by atoms with Gasteiger partial charge in [-0.2, -0.15) is 0 Å². The van der Waals surface area contributed by atoms with E-state index in [2.05, 4.69) is 26.2 Å². The zero-order valence-corrected chi connectivity index (χ0v) is 19.9. The fraction of sp³-hybridized carbons (Fsp3) is 0.192. The Morgan fingerprint density at radius 1 is 1.12 bits per heavy atom. The minimum atomic E-state index is -0.258. The lowest BCUT2D eigenvalue weighted by Crippen LogP contribution is -2.04. The normalized spacial score (nSPS) is 13.8. The van der Waals surface area contributed by atoms with Gasteiger partial charge in [-0.05, 0) is 74.2 Å². The van der Waals surface area contributed by atoms with Crippen LogP contribution in [0.25, 0.3) is 11.6 Å². The van der Waals surface area contributed by atoms with E-state index in [1.54, 1.807) is 25.1 Å². The van der Waals surface area contributed by atoms with Gasteiger partial charge in [0.1, 0.15) is 5.75 Å². The highest BCUT2D eigenvalue weighted by atomic mass is 79.9. The van der Waals surface area contributed by atoms with Crippen LogP contribution in [-0.2, 0) is 11.2 Å². The maximum atomic E-state index is 13.0. The number of H-pyrrole nitrogens is 1. The molecule has 0 bridgehead atoms. The molecule has 1 aromatic heterocycles. The summed E-state index contributed by atoms with van der Waals surface area (Å²) in [6.45, 7) is 3.21. The molecule has 33 heavy (non-hydrogen) atoms. The number of aromatic amines is 1. The number of benzene rings is 2. The summed E-state index contributed by atoms with van der Waals surface area (Å²) in [5, 5.41) is 12.2. The number of aryl methyl sites for hydroxylation is 1. The van der Waals surface area contributed by atoms with Crippen LogP contribution in [0.3, 0.4) is 0 Å². The van der Waals surface area contributed by atoms with E-state index >= 15 is 0 Å². The van der Waals surface area contributed by atoms with E-state index in [0.717, 1.165) is 15.6 Å². The minimum Gasteiger partial charge on any atom is -0.508 e. The zero-order chi connectivity index (χ0) is 23.7. The molecule has 1 amide bonds. The van der Waals surface area contributed by atoms with Crippen molar-refractivity contribution in [1.82, 2.24) is 4.98 Å². The van der Waals surface area contributed by atoms with Crippen molar-refractivity contribution in [2.24, 2.45) is 0 Å². The molecule has 0 saturated heterocycles. The van der Waals surface area contributed by atoms with Crippen molar-refractivity contribution >= 4 is 50.7 Å². The minimum absolute atomic E-state index is 0.0857. The second-order valence-corrected chi connectivity index (χ2v) is 9.03. The van der Waals surface area contributed by atoms with Crippen LogP contribution in [0.4, 0.5) is 5.69 Å². The van der Waals surface area contributed by atoms with Crippen LogP contribution in [-0.4, -0.2) is 27.6 Å². The van der Waals surface area contributed by atoms with Crippen LogP contribution in [0.2, 0.25) is 0 Å². The first-order valence-corrected chi connectivity index (χ1v) is 11.4. The van der Waals surface area contributed by atoms with Crippen molar-refractivity contribution in [3.63, 3.8) is 0 Å². The van der Waals surface area contributed by atoms with E-state index in [0.29, 0.717) is 53.0 Å². The van der Waals surface area contributed by atoms with Crippen LogP contribution >= 0.6 is 15.9 Å². The molecule has 0 aliphatic carbocycles. The standard InChI is InChI=1S/C26H23BrN2O4/c1-14-24(15(2)30)22(13-20-19-12-17(27)8-11-21(19)29-26(20)33)28-25(14)23(32)5-3-4-16-6-9-18(31)10-7-16/h6-13,28,31H,3-5H2,1-2H3,(H,29,33)/b20-13-. The number of halogens is 1. The van der Waals surface area contributed by atoms with Gasteiger partial charge in [-0.1, -0.05) is 28.1 Å². The topological polar surface area (TPSA) is 99.3 Å². The van der Waals surface area contributed by atoms with Crippen molar-refractivity contribution in [3.8, 4) is 5.75 Å². The third kappa shape index (κ3) is 4.68. The summed E-state index contributed by atoms with van der Waals surface area (Å²) in [5.41, 5.74) is 4.77. The molecule has 0 saturated carbocycles. The second kappa shape index (κ2) is 9.19. The van der Waals surface area contributed by atoms with Crippen LogP contribution < -0.4 is 5.32 Å². The summed E-state index contributed by atoms with van der Waals surface area (Å²) in [7, 11) is 0. The van der Waals surface area contributed by atoms with Gasteiger partial charge in [0.05, 0.1) is 17.0 Å². The van der Waals surface area contributed by atoms with Gasteiger partial charge < -0.3 is 15.4 Å². The Morgan fingerprint density at radius 2 is 1.85 bits per heavy atom. The monoisotopic (exact) mass is 506 g/mol. The summed E-state index contributed by atoms with van der Waals surface area (Å²) in [6.07, 6.45) is 3.29. The lowest BCUT2D eigenvalue weighted by Gasteiger charge is -2.02. The molecule has 1 aliphatic rings. The quantitative estimate of drug-likeness (QED) is 0.283. The van der Waals surface area contributed by atoms with E-state index in [1.165, 1.54) is 6.92 Å². The Balaban J connectivity index is 1.61. The van der Waals surface area contributed by atoms with Crippen molar-refractivity contribution in [2.75, 3.05) is 5.32 Å². The van der Waals surface area contributed by atoms with E-state index < -0.39 is 0 Å². The number of phenolic OH excluding ortho intramolecular Hbond substituents is 1. The highest BCUT2D eigenvalue weighted by Crippen LogP contribution is 2.36. The number of hydrogen-bond acceptors (Lipinski definition) is 4. The molecule has 0 atom stereocenters. The number of amides is 1. The summed E-state index contributed by atoms with van der Waals surface area (Å²) in [6, 6.07) is 12.4. The maximum absolute atomic E-state index is 13.0. The number of carbonyl (C=O) groups is 3. The van der Waals surface area contributed by atoms with Gasteiger partial charge in [-0.3, -0.25) is 14.4 Å². The van der Waals surface area contributed by atoms with E-state index in [9.17, 15) is 19.5 Å². The molecule has 3 aromatic rings. The number of aromatic nitrogens is 1. The average molecular weight is 507 g/mol. The maximum Gasteiger partial charge on any atom is 0.256 e. The first kappa shape index (κ1) is 22.7. The van der Waals surface area contributed by atoms with Crippen molar-refractivity contribution < 1.29 is 19.5 Å². The van der Waals surface area contributed by atoms with Gasteiger partial charge >= 0.3 is 0 Å². The van der Waals surface area contributed by atoms with Crippen molar-refractivity contribution in [2.45, 2.75) is 33.1 Å². The Bertz CT molecular complexity index is 1300. The van der Waals surface area contributed by atoms with Gasteiger partial charge in [0, 0.05) is 27.7 Å². The van der Waals surface area contributed by atoms with E-state index in [1.807, 2.05) is 30.3 Å². The molecule has 0 fully saturated rings. The number of hydrogen-bond donors (Lipinski definition) is 3. The smallest absolute Gasteiger partial charge is 0.256 e. The predicted molar refractivity (Wildman–Crippen MR) is 132 cm³/mol. The third-order valence-corrected chi connectivity index (χ3v) is 6.26. The number of nitrogens with one attached hydrogen (secondary N) is 2. The van der Waals surface area contributed by atoms with E-state index in [-0.39, 0.29) is 23.2 Å². The summed E-state index contributed by atoms with van der Waals surface area (Å²) in [4.78, 5) is 41.1. The zero-order valence-electron chi connectivity index (χ0n) is 18.3. The molecular formula is C26H23BrN2O4. The average Bonchev–Trinajstić information content (AvgIpc) is 3.26. The Hall–Kier alpha value is -3.45. The number of fused-ring (bicyclic) bond motifs is 1. The SMILES string of the molecule is CC(=O)c1c(/C=C2\C(=O)Nc3ccc(Br)cc32)[nH]c(C(=O)CCCc2ccc(O)cc2)c1C. The first-order chi connectivity index (χ1) is 15.7. The van der Waals surface area contributed by atoms with Crippen LogP contribution in [0.1, 0.15) is 63.0 Å². The summed E-state index contributed by atoms with van der Waals surface area (Å²) in [5.74, 6) is -0.308. The van der Waals surface area contributed by atoms with Gasteiger partial charge in [-0.25, -0.2) is 0 Å². The Labute approximate surface area is 199 Å². The number of phenols is 1. The number of ketones is 2. The Morgan fingerprint density at radius 3 is 2.55 bits per heavy atom. The fourth-order valence-electron chi connectivity index (χ4n) is 4.15. The van der Waals surface area contributed by atoms with Gasteiger partial charge in [-0.15, -0.1) is 0 Å². The fourth-order valence-corrected chi connectivity index (χ4v) is 4.51. The summed E-state index contributed by atoms with van der Waals surface area (Å²) < 4.78 is 0.836. The number of rotatable bonds is 7. The third-order valence-electron chi connectivity index (χ3n) is 5.77. The van der Waals surface area contributed by atoms with Crippen LogP contribution in [0.5, 0.6) is 5.75 Å². The molecule has 6 nitrogen and oxygen atoms in total. The van der Waals surface area contributed by atoms with Gasteiger partial charge in [0.15, 0.2) is 11.6 Å². The molecule has 2 heterocycles. The lowest BCUT2D eigenvalue weighted by atomic mass is 10.00. The molecule has 4 rings (SSSR count). The largest absolute Gasteiger partial charge is 0.508 e. The molecule has 2 aromatic carbocycles. The summed E-state index contributed by atoms with van der Waals surface area (Å²) >= 11 is 3.43. The highest BCUT2D eigenvalue weighted by Gasteiger charge is 2.27. The highest BCUT2D eigenvalue weighted by molar-refractivity contribution is 9.10. The molecule has 3 N–H and O–H groups in total. The number of Topliss-reactive ketones (excluding diaryl/α,β-unsaturated/α-hetero) is 2. The Kier molecular flexibility index (Phi) is 6.33. The van der Waals surface area contributed by atoms with Gasteiger partial charge in [0.2, 0.25) is 0 Å². The lowest BCUT2D eigenvalue weighted by molar-refractivity contribution is -0.110. The van der Waals surface area contributed by atoms with Crippen LogP contribution in [0.15, 0.2) is 46.9 Å². The molecule has 7 heteroatoms. The van der Waals surface area contributed by atoms with Crippen LogP contribution in [0, 0.1) is 6.92 Å². The number of anilines is 1.